The third-order valence-electron chi connectivity index (χ3n) is 2.00. The fraction of sp³-hybridized carbons (Fsp3) is 0.0833. The van der Waals surface area contributed by atoms with Crippen LogP contribution >= 0.6 is 11.8 Å². The van der Waals surface area contributed by atoms with E-state index in [0.29, 0.717) is 0 Å². The maximum Gasteiger partial charge on any atom is 0.0964 e. The number of hydrogen-bond donors (Lipinski definition) is 0. The van der Waals surface area contributed by atoms with Crippen LogP contribution in [0.25, 0.3) is 11.3 Å². The summed E-state index contributed by atoms with van der Waals surface area (Å²) in [7, 11) is 0. The van der Waals surface area contributed by atoms with Gasteiger partial charge in [-0.25, -0.2) is 4.98 Å². The van der Waals surface area contributed by atoms with E-state index in [0.717, 1.165) is 10.7 Å². The highest BCUT2D eigenvalue weighted by atomic mass is 32.2. The molecule has 14 heavy (non-hydrogen) atoms. The number of benzene rings is 1. The van der Waals surface area contributed by atoms with Crippen LogP contribution in [-0.4, -0.2) is 11.2 Å². The molecule has 2 heteroatoms. The molecule has 0 aliphatic heterocycles. The molecule has 1 aromatic heterocycles. The lowest BCUT2D eigenvalue weighted by molar-refractivity contribution is 1.14. The Balaban J connectivity index is 2.42. The van der Waals surface area contributed by atoms with Crippen LogP contribution in [0.15, 0.2) is 53.6 Å². The summed E-state index contributed by atoms with van der Waals surface area (Å²) in [6.45, 7) is 0. The van der Waals surface area contributed by atoms with Crippen LogP contribution in [0.1, 0.15) is 0 Å². The number of aromatic nitrogens is 1. The fourth-order valence-electron chi connectivity index (χ4n) is 1.30. The number of nitrogens with zero attached hydrogens (tertiary/aromatic N) is 1. The monoisotopic (exact) mass is 201 g/mol. The molecule has 1 aromatic carbocycles. The summed E-state index contributed by atoms with van der Waals surface area (Å²) >= 11 is 1.67. The van der Waals surface area contributed by atoms with Gasteiger partial charge in [0.2, 0.25) is 0 Å². The Kier molecular flexibility index (Phi) is 2.84. The summed E-state index contributed by atoms with van der Waals surface area (Å²) in [4.78, 5) is 4.52. The van der Waals surface area contributed by atoms with Gasteiger partial charge in [-0.1, -0.05) is 36.4 Å². The molecular weight excluding hydrogens is 190 g/mol. The smallest absolute Gasteiger partial charge is 0.0964 e. The minimum atomic E-state index is 1.04. The highest BCUT2D eigenvalue weighted by molar-refractivity contribution is 7.98. The summed E-state index contributed by atoms with van der Waals surface area (Å²) in [6.07, 6.45) is 2.04. The molecule has 0 fully saturated rings. The third kappa shape index (κ3) is 1.96. The van der Waals surface area contributed by atoms with E-state index >= 15 is 0 Å². The Morgan fingerprint density at radius 2 is 1.71 bits per heavy atom. The van der Waals surface area contributed by atoms with Crippen molar-refractivity contribution in [3.05, 3.63) is 48.5 Å². The summed E-state index contributed by atoms with van der Waals surface area (Å²) in [5, 5.41) is 1.06. The molecule has 0 N–H and O–H groups in total. The first kappa shape index (κ1) is 9.28. The van der Waals surface area contributed by atoms with Gasteiger partial charge in [0.1, 0.15) is 0 Å². The van der Waals surface area contributed by atoms with Gasteiger partial charge in [-0.05, 0) is 18.4 Å². The lowest BCUT2D eigenvalue weighted by Gasteiger charge is -2.01. The van der Waals surface area contributed by atoms with Crippen molar-refractivity contribution in [3.63, 3.8) is 0 Å². The second kappa shape index (κ2) is 4.29. The molecule has 70 valence electrons. The molecule has 1 nitrogen and oxygen atoms in total. The summed E-state index contributed by atoms with van der Waals surface area (Å²) in [6, 6.07) is 16.3. The molecule has 0 aliphatic carbocycles. The van der Waals surface area contributed by atoms with Crippen molar-refractivity contribution in [1.82, 2.24) is 4.98 Å². The van der Waals surface area contributed by atoms with E-state index in [9.17, 15) is 0 Å². The first-order chi connectivity index (χ1) is 6.90. The maximum atomic E-state index is 4.52. The number of pyridine rings is 1. The molecule has 0 saturated carbocycles. The van der Waals surface area contributed by atoms with Gasteiger partial charge in [-0.2, -0.15) is 0 Å². The standard InChI is InChI=1S/C12H11NS/c1-14-12-9-5-8-11(13-12)10-6-3-2-4-7-10/h2-9H,1H3. The van der Waals surface area contributed by atoms with Crippen molar-refractivity contribution in [3.8, 4) is 11.3 Å². The number of rotatable bonds is 2. The first-order valence-corrected chi connectivity index (χ1v) is 5.69. The van der Waals surface area contributed by atoms with Crippen LogP contribution < -0.4 is 0 Å². The molecule has 0 spiro atoms. The number of hydrogen-bond acceptors (Lipinski definition) is 2. The fourth-order valence-corrected chi connectivity index (χ4v) is 1.70. The van der Waals surface area contributed by atoms with Gasteiger partial charge in [0, 0.05) is 5.56 Å². The van der Waals surface area contributed by atoms with E-state index in [2.05, 4.69) is 17.1 Å². The van der Waals surface area contributed by atoms with E-state index in [-0.39, 0.29) is 0 Å². The zero-order chi connectivity index (χ0) is 9.80. The lowest BCUT2D eigenvalue weighted by atomic mass is 10.1. The minimum Gasteiger partial charge on any atom is -0.242 e. The van der Waals surface area contributed by atoms with Gasteiger partial charge in [0.15, 0.2) is 0 Å². The predicted octanol–water partition coefficient (Wildman–Crippen LogP) is 3.47. The Bertz CT molecular complexity index is 412. The Labute approximate surface area is 88.2 Å². The quantitative estimate of drug-likeness (QED) is 0.690. The molecule has 1 heterocycles. The van der Waals surface area contributed by atoms with Crippen molar-refractivity contribution in [2.45, 2.75) is 5.03 Å². The predicted molar refractivity (Wildman–Crippen MR) is 61.5 cm³/mol. The topological polar surface area (TPSA) is 12.9 Å². The Hall–Kier alpha value is -1.28. The van der Waals surface area contributed by atoms with Crippen LogP contribution in [0.3, 0.4) is 0 Å². The Morgan fingerprint density at radius 3 is 2.43 bits per heavy atom. The van der Waals surface area contributed by atoms with E-state index < -0.39 is 0 Å². The molecule has 0 atom stereocenters. The molecule has 0 unspecified atom stereocenters. The molecule has 0 saturated heterocycles. The van der Waals surface area contributed by atoms with Crippen LogP contribution in [0, 0.1) is 0 Å². The molecule has 2 aromatic rings. The summed E-state index contributed by atoms with van der Waals surface area (Å²) in [5.41, 5.74) is 2.21. The highest BCUT2D eigenvalue weighted by Crippen LogP contribution is 2.19. The van der Waals surface area contributed by atoms with Crippen LogP contribution in [0.5, 0.6) is 0 Å². The Morgan fingerprint density at radius 1 is 0.929 bits per heavy atom. The first-order valence-electron chi connectivity index (χ1n) is 4.46. The van der Waals surface area contributed by atoms with Gasteiger partial charge >= 0.3 is 0 Å². The van der Waals surface area contributed by atoms with E-state index in [1.165, 1.54) is 5.56 Å². The second-order valence-corrected chi connectivity index (χ2v) is 3.76. The van der Waals surface area contributed by atoms with E-state index in [1.54, 1.807) is 11.8 Å². The van der Waals surface area contributed by atoms with Gasteiger partial charge < -0.3 is 0 Å². The van der Waals surface area contributed by atoms with Gasteiger partial charge in [0.05, 0.1) is 10.7 Å². The zero-order valence-corrected chi connectivity index (χ0v) is 8.79. The van der Waals surface area contributed by atoms with Gasteiger partial charge in [0.25, 0.3) is 0 Å². The molecular formula is C12H11NS. The highest BCUT2D eigenvalue weighted by Gasteiger charge is 1.98. The lowest BCUT2D eigenvalue weighted by Crippen LogP contribution is -1.84. The normalized spacial score (nSPS) is 10.1. The van der Waals surface area contributed by atoms with Crippen molar-refractivity contribution < 1.29 is 0 Å². The van der Waals surface area contributed by atoms with Crippen molar-refractivity contribution in [2.75, 3.05) is 6.26 Å². The number of thioether (sulfide) groups is 1. The second-order valence-electron chi connectivity index (χ2n) is 2.93. The molecule has 0 aliphatic rings. The molecule has 0 amide bonds. The molecule has 0 radical (unpaired) electrons. The van der Waals surface area contributed by atoms with Gasteiger partial charge in [-0.15, -0.1) is 11.8 Å². The summed E-state index contributed by atoms with van der Waals surface area (Å²) < 4.78 is 0. The van der Waals surface area contributed by atoms with E-state index in [1.807, 2.05) is 42.7 Å². The van der Waals surface area contributed by atoms with Crippen molar-refractivity contribution in [1.29, 1.82) is 0 Å². The third-order valence-corrected chi connectivity index (χ3v) is 2.65. The average Bonchev–Trinajstić information content (AvgIpc) is 2.30. The zero-order valence-electron chi connectivity index (χ0n) is 7.97. The van der Waals surface area contributed by atoms with Crippen LogP contribution in [-0.2, 0) is 0 Å². The SMILES string of the molecule is CSc1cccc(-c2ccccc2)n1. The van der Waals surface area contributed by atoms with Crippen molar-refractivity contribution in [2.24, 2.45) is 0 Å². The maximum absolute atomic E-state index is 4.52. The van der Waals surface area contributed by atoms with Gasteiger partial charge in [-0.3, -0.25) is 0 Å². The van der Waals surface area contributed by atoms with Crippen LogP contribution in [0.4, 0.5) is 0 Å². The minimum absolute atomic E-state index is 1.04. The summed E-state index contributed by atoms with van der Waals surface area (Å²) in [5.74, 6) is 0. The molecule has 2 rings (SSSR count). The van der Waals surface area contributed by atoms with Crippen molar-refractivity contribution >= 4 is 11.8 Å². The van der Waals surface area contributed by atoms with Crippen LogP contribution in [0.2, 0.25) is 0 Å². The molecule has 0 bridgehead atoms. The average molecular weight is 201 g/mol. The largest absolute Gasteiger partial charge is 0.242 e. The van der Waals surface area contributed by atoms with E-state index in [4.69, 9.17) is 0 Å².